The first-order valence-corrected chi connectivity index (χ1v) is 7.56. The molecule has 4 rings (SSSR count). The van der Waals surface area contributed by atoms with Crippen LogP contribution >= 0.6 is 0 Å². The number of hydrogen-bond donors (Lipinski definition) is 1. The molecule has 116 valence electrons. The zero-order valence-electron chi connectivity index (χ0n) is 12.4. The summed E-state index contributed by atoms with van der Waals surface area (Å²) in [5.74, 6) is 1.96. The summed E-state index contributed by atoms with van der Waals surface area (Å²) < 4.78 is 7.21. The quantitative estimate of drug-likeness (QED) is 0.785. The van der Waals surface area contributed by atoms with E-state index in [2.05, 4.69) is 15.3 Å². The van der Waals surface area contributed by atoms with Crippen LogP contribution in [0.4, 0.5) is 0 Å². The van der Waals surface area contributed by atoms with Crippen molar-refractivity contribution in [1.82, 2.24) is 19.9 Å². The molecule has 0 saturated heterocycles. The molecule has 2 atom stereocenters. The summed E-state index contributed by atoms with van der Waals surface area (Å²) in [5, 5.41) is 3.00. The SMILES string of the molecule is O=C(NCc1cccnc1-n1ccnc1)[C@@H]1C[C@@H]1c1ccco1. The predicted octanol–water partition coefficient (Wildman–Crippen LogP) is 2.28. The van der Waals surface area contributed by atoms with Crippen molar-refractivity contribution in [3.63, 3.8) is 0 Å². The van der Waals surface area contributed by atoms with E-state index >= 15 is 0 Å². The number of rotatable bonds is 5. The summed E-state index contributed by atoms with van der Waals surface area (Å²) in [6, 6.07) is 7.61. The predicted molar refractivity (Wildman–Crippen MR) is 82.8 cm³/mol. The fraction of sp³-hybridized carbons (Fsp3) is 0.235. The van der Waals surface area contributed by atoms with Gasteiger partial charge < -0.3 is 9.73 Å². The molecule has 1 amide bonds. The average Bonchev–Trinajstić information content (AvgIpc) is 3.01. The lowest BCUT2D eigenvalue weighted by Crippen LogP contribution is -2.25. The number of furan rings is 1. The number of amides is 1. The third-order valence-corrected chi connectivity index (χ3v) is 4.11. The summed E-state index contributed by atoms with van der Waals surface area (Å²) in [7, 11) is 0. The van der Waals surface area contributed by atoms with Crippen LogP contribution in [0.25, 0.3) is 5.82 Å². The average molecular weight is 308 g/mol. The number of aromatic nitrogens is 3. The Labute approximate surface area is 133 Å². The molecule has 3 aromatic heterocycles. The molecule has 0 bridgehead atoms. The highest BCUT2D eigenvalue weighted by atomic mass is 16.3. The Bertz CT molecular complexity index is 796. The van der Waals surface area contributed by atoms with E-state index in [1.807, 2.05) is 35.0 Å². The molecule has 23 heavy (non-hydrogen) atoms. The van der Waals surface area contributed by atoms with E-state index in [1.165, 1.54) is 0 Å². The fourth-order valence-electron chi connectivity index (χ4n) is 2.80. The third-order valence-electron chi connectivity index (χ3n) is 4.11. The van der Waals surface area contributed by atoms with Crippen LogP contribution in [0.3, 0.4) is 0 Å². The van der Waals surface area contributed by atoms with Crippen LogP contribution in [0.1, 0.15) is 23.7 Å². The van der Waals surface area contributed by atoms with E-state index in [-0.39, 0.29) is 17.7 Å². The fourth-order valence-corrected chi connectivity index (χ4v) is 2.80. The molecule has 3 aromatic rings. The van der Waals surface area contributed by atoms with Gasteiger partial charge in [0, 0.05) is 42.5 Å². The first kappa shape index (κ1) is 13.8. The summed E-state index contributed by atoms with van der Waals surface area (Å²) in [5.41, 5.74) is 0.953. The monoisotopic (exact) mass is 308 g/mol. The van der Waals surface area contributed by atoms with Gasteiger partial charge in [0.2, 0.25) is 5.91 Å². The van der Waals surface area contributed by atoms with Gasteiger partial charge in [0.05, 0.1) is 6.26 Å². The molecule has 1 saturated carbocycles. The highest BCUT2D eigenvalue weighted by Crippen LogP contribution is 2.47. The molecule has 0 spiro atoms. The zero-order valence-corrected chi connectivity index (χ0v) is 12.4. The summed E-state index contributed by atoms with van der Waals surface area (Å²) in [6.45, 7) is 0.446. The van der Waals surface area contributed by atoms with Crippen LogP contribution in [0, 0.1) is 5.92 Å². The minimum absolute atomic E-state index is 0.00881. The maximum atomic E-state index is 12.3. The Morgan fingerprint density at radius 3 is 3.09 bits per heavy atom. The van der Waals surface area contributed by atoms with Crippen LogP contribution in [-0.2, 0) is 11.3 Å². The van der Waals surface area contributed by atoms with Gasteiger partial charge in [0.15, 0.2) is 0 Å². The van der Waals surface area contributed by atoms with E-state index in [0.717, 1.165) is 23.6 Å². The van der Waals surface area contributed by atoms with Gasteiger partial charge in [-0.25, -0.2) is 9.97 Å². The van der Waals surface area contributed by atoms with Crippen molar-refractivity contribution >= 4 is 5.91 Å². The van der Waals surface area contributed by atoms with Crippen molar-refractivity contribution in [2.45, 2.75) is 18.9 Å². The van der Waals surface area contributed by atoms with Gasteiger partial charge in [-0.1, -0.05) is 6.07 Å². The molecular formula is C17H16N4O2. The first-order chi connectivity index (χ1) is 11.3. The molecular weight excluding hydrogens is 292 g/mol. The molecule has 0 radical (unpaired) electrons. The largest absolute Gasteiger partial charge is 0.469 e. The summed E-state index contributed by atoms with van der Waals surface area (Å²) in [6.07, 6.45) is 9.46. The molecule has 6 nitrogen and oxygen atoms in total. The Kier molecular flexibility index (Phi) is 3.42. The normalized spacial score (nSPS) is 19.5. The van der Waals surface area contributed by atoms with E-state index in [9.17, 15) is 4.79 Å². The number of carbonyl (C=O) groups excluding carboxylic acids is 1. The molecule has 0 aromatic carbocycles. The van der Waals surface area contributed by atoms with Gasteiger partial charge in [0.25, 0.3) is 0 Å². The van der Waals surface area contributed by atoms with Gasteiger partial charge in [-0.3, -0.25) is 9.36 Å². The lowest BCUT2D eigenvalue weighted by Gasteiger charge is -2.10. The van der Waals surface area contributed by atoms with Crippen molar-refractivity contribution in [2.75, 3.05) is 0 Å². The number of imidazole rings is 1. The zero-order chi connectivity index (χ0) is 15.6. The Balaban J connectivity index is 1.41. The standard InChI is InChI=1S/C17H16N4O2/c22-17(14-9-13(14)15-4-2-8-23-15)20-10-12-3-1-5-19-16(12)21-7-6-18-11-21/h1-8,11,13-14H,9-10H2,(H,20,22)/t13-,14+/m0/s1. The maximum Gasteiger partial charge on any atom is 0.224 e. The van der Waals surface area contributed by atoms with Crippen LogP contribution in [0.2, 0.25) is 0 Å². The Hall–Kier alpha value is -2.89. The van der Waals surface area contributed by atoms with Gasteiger partial charge in [0.1, 0.15) is 17.9 Å². The smallest absolute Gasteiger partial charge is 0.224 e. The number of nitrogens with one attached hydrogen (secondary N) is 1. The molecule has 1 N–H and O–H groups in total. The topological polar surface area (TPSA) is 73.0 Å². The van der Waals surface area contributed by atoms with Gasteiger partial charge >= 0.3 is 0 Å². The number of hydrogen-bond acceptors (Lipinski definition) is 4. The molecule has 0 aliphatic heterocycles. The lowest BCUT2D eigenvalue weighted by atomic mass is 10.2. The minimum Gasteiger partial charge on any atom is -0.469 e. The highest BCUT2D eigenvalue weighted by molar-refractivity contribution is 5.82. The Morgan fingerprint density at radius 1 is 1.35 bits per heavy atom. The number of nitrogens with zero attached hydrogens (tertiary/aromatic N) is 3. The second-order valence-electron chi connectivity index (χ2n) is 5.64. The second kappa shape index (κ2) is 5.72. The van der Waals surface area contributed by atoms with E-state index in [4.69, 9.17) is 4.42 Å². The highest BCUT2D eigenvalue weighted by Gasteiger charge is 2.45. The molecule has 0 unspecified atom stereocenters. The Morgan fingerprint density at radius 2 is 2.30 bits per heavy atom. The van der Waals surface area contributed by atoms with E-state index < -0.39 is 0 Å². The lowest BCUT2D eigenvalue weighted by molar-refractivity contribution is -0.122. The third kappa shape index (κ3) is 2.75. The minimum atomic E-state index is 0.00881. The van der Waals surface area contributed by atoms with Crippen LogP contribution < -0.4 is 5.32 Å². The van der Waals surface area contributed by atoms with Gasteiger partial charge in [-0.05, 0) is 24.6 Å². The van der Waals surface area contributed by atoms with Crippen LogP contribution in [0.5, 0.6) is 0 Å². The summed E-state index contributed by atoms with van der Waals surface area (Å²) in [4.78, 5) is 20.7. The molecule has 1 fully saturated rings. The van der Waals surface area contributed by atoms with Crippen LogP contribution in [-0.4, -0.2) is 20.4 Å². The van der Waals surface area contributed by atoms with Crippen LogP contribution in [0.15, 0.2) is 59.9 Å². The second-order valence-corrected chi connectivity index (χ2v) is 5.64. The molecule has 3 heterocycles. The molecule has 1 aliphatic carbocycles. The molecule has 1 aliphatic rings. The van der Waals surface area contributed by atoms with Crippen molar-refractivity contribution in [3.8, 4) is 5.82 Å². The van der Waals surface area contributed by atoms with Gasteiger partial charge in [-0.2, -0.15) is 0 Å². The van der Waals surface area contributed by atoms with E-state index in [0.29, 0.717) is 6.54 Å². The van der Waals surface area contributed by atoms with Gasteiger partial charge in [-0.15, -0.1) is 0 Å². The van der Waals surface area contributed by atoms with E-state index in [1.54, 1.807) is 25.0 Å². The number of carbonyl (C=O) groups is 1. The molecule has 6 heteroatoms. The first-order valence-electron chi connectivity index (χ1n) is 7.56. The maximum absolute atomic E-state index is 12.3. The van der Waals surface area contributed by atoms with Crippen molar-refractivity contribution < 1.29 is 9.21 Å². The van der Waals surface area contributed by atoms with Crippen molar-refractivity contribution in [3.05, 3.63) is 66.8 Å². The number of pyridine rings is 1. The van der Waals surface area contributed by atoms with Crippen molar-refractivity contribution in [2.24, 2.45) is 5.92 Å². The van der Waals surface area contributed by atoms with Crippen molar-refractivity contribution in [1.29, 1.82) is 0 Å². The summed E-state index contributed by atoms with van der Waals surface area (Å²) >= 11 is 0.